The summed E-state index contributed by atoms with van der Waals surface area (Å²) in [5.41, 5.74) is -3.41. The molecular formula is C14H20ClF3N2O2. The molecule has 1 aromatic carbocycles. The Labute approximate surface area is 133 Å². The minimum Gasteiger partial charge on any atom is -0.375 e. The van der Waals surface area contributed by atoms with E-state index in [0.717, 1.165) is 0 Å². The van der Waals surface area contributed by atoms with E-state index in [1.165, 1.54) is 24.3 Å². The number of benzene rings is 1. The third-order valence-corrected chi connectivity index (χ3v) is 3.20. The van der Waals surface area contributed by atoms with Crippen LogP contribution < -0.4 is 10.6 Å². The van der Waals surface area contributed by atoms with Crippen molar-refractivity contribution < 1.29 is 23.1 Å². The Kier molecular flexibility index (Phi) is 7.86. The molecule has 8 heteroatoms. The van der Waals surface area contributed by atoms with E-state index in [2.05, 4.69) is 10.6 Å². The summed E-state index contributed by atoms with van der Waals surface area (Å²) >= 11 is 0. The zero-order valence-electron chi connectivity index (χ0n) is 12.3. The first-order chi connectivity index (χ1) is 9.72. The van der Waals surface area contributed by atoms with Gasteiger partial charge in [-0.05, 0) is 12.6 Å². The van der Waals surface area contributed by atoms with Crippen molar-refractivity contribution in [3.05, 3.63) is 35.9 Å². The number of carbonyl (C=O) groups excluding carboxylic acids is 1. The van der Waals surface area contributed by atoms with Gasteiger partial charge in [-0.25, -0.2) is 0 Å². The number of halogens is 4. The van der Waals surface area contributed by atoms with E-state index < -0.39 is 30.1 Å². The average molecular weight is 341 g/mol. The first-order valence-corrected chi connectivity index (χ1v) is 6.49. The van der Waals surface area contributed by atoms with E-state index >= 15 is 0 Å². The minimum absolute atomic E-state index is 0. The van der Waals surface area contributed by atoms with Gasteiger partial charge in [0.2, 0.25) is 11.5 Å². The Morgan fingerprint density at radius 1 is 1.27 bits per heavy atom. The second-order valence-corrected chi connectivity index (χ2v) is 4.90. The minimum atomic E-state index is -4.89. The fourth-order valence-electron chi connectivity index (χ4n) is 1.87. The Morgan fingerprint density at radius 3 is 2.27 bits per heavy atom. The van der Waals surface area contributed by atoms with Crippen LogP contribution >= 0.6 is 12.4 Å². The van der Waals surface area contributed by atoms with Crippen LogP contribution in [0.15, 0.2) is 30.3 Å². The fraction of sp³-hybridized carbons (Fsp3) is 0.500. The third kappa shape index (κ3) is 4.86. The quantitative estimate of drug-likeness (QED) is 0.740. The van der Waals surface area contributed by atoms with E-state index in [1.807, 2.05) is 0 Å². The molecule has 1 aromatic rings. The van der Waals surface area contributed by atoms with Crippen LogP contribution in [0.5, 0.6) is 0 Å². The van der Waals surface area contributed by atoms with Crippen molar-refractivity contribution in [3.8, 4) is 0 Å². The molecular weight excluding hydrogens is 321 g/mol. The molecule has 0 radical (unpaired) electrons. The van der Waals surface area contributed by atoms with E-state index in [4.69, 9.17) is 0 Å². The number of amides is 1. The fourth-order valence-corrected chi connectivity index (χ4v) is 1.87. The van der Waals surface area contributed by atoms with Gasteiger partial charge in [0.25, 0.3) is 0 Å². The molecule has 0 saturated heterocycles. The predicted molar refractivity (Wildman–Crippen MR) is 79.7 cm³/mol. The molecule has 0 bridgehead atoms. The normalized spacial score (nSPS) is 15.4. The Balaban J connectivity index is 0.00000441. The largest absolute Gasteiger partial charge is 0.423 e. The maximum absolute atomic E-state index is 13.2. The predicted octanol–water partition coefficient (Wildman–Crippen LogP) is 1.83. The number of hydrogen-bond acceptors (Lipinski definition) is 3. The molecule has 22 heavy (non-hydrogen) atoms. The Hall–Kier alpha value is -1.31. The van der Waals surface area contributed by atoms with Gasteiger partial charge in [0.1, 0.15) is 0 Å². The molecule has 0 aliphatic rings. The molecule has 126 valence electrons. The van der Waals surface area contributed by atoms with Gasteiger partial charge in [0.05, 0.1) is 6.54 Å². The molecule has 0 fully saturated rings. The number of hydrogen-bond donors (Lipinski definition) is 3. The highest BCUT2D eigenvalue weighted by Crippen LogP contribution is 2.38. The van der Waals surface area contributed by atoms with Gasteiger partial charge in [-0.3, -0.25) is 4.79 Å². The molecule has 0 aliphatic carbocycles. The van der Waals surface area contributed by atoms with Gasteiger partial charge in [0.15, 0.2) is 0 Å². The monoisotopic (exact) mass is 340 g/mol. The number of alkyl halides is 3. The second kappa shape index (κ2) is 8.36. The van der Waals surface area contributed by atoms with Crippen molar-refractivity contribution >= 4 is 18.3 Å². The number of nitrogens with one attached hydrogen (secondary N) is 2. The zero-order valence-corrected chi connectivity index (χ0v) is 13.1. The van der Waals surface area contributed by atoms with Gasteiger partial charge >= 0.3 is 6.18 Å². The topological polar surface area (TPSA) is 61.4 Å². The molecule has 0 heterocycles. The van der Waals surface area contributed by atoms with Crippen LogP contribution in [-0.4, -0.2) is 37.3 Å². The van der Waals surface area contributed by atoms with Crippen LogP contribution in [0.25, 0.3) is 0 Å². The van der Waals surface area contributed by atoms with Gasteiger partial charge in [0, 0.05) is 12.5 Å². The molecule has 3 N–H and O–H groups in total. The molecule has 2 unspecified atom stereocenters. The third-order valence-electron chi connectivity index (χ3n) is 3.20. The maximum atomic E-state index is 13.2. The highest BCUT2D eigenvalue weighted by molar-refractivity contribution is 5.85. The van der Waals surface area contributed by atoms with Gasteiger partial charge < -0.3 is 15.7 Å². The summed E-state index contributed by atoms with van der Waals surface area (Å²) < 4.78 is 39.5. The molecule has 2 atom stereocenters. The summed E-state index contributed by atoms with van der Waals surface area (Å²) in [5.74, 6) is -1.05. The van der Waals surface area contributed by atoms with Crippen LogP contribution in [0.4, 0.5) is 13.2 Å². The summed E-state index contributed by atoms with van der Waals surface area (Å²) in [6, 6.07) is 6.70. The van der Waals surface area contributed by atoms with Crippen molar-refractivity contribution in [1.82, 2.24) is 10.6 Å². The summed E-state index contributed by atoms with van der Waals surface area (Å²) in [6.45, 7) is 0.996. The average Bonchev–Trinajstić information content (AvgIpc) is 2.44. The standard InChI is InChI=1S/C14H19F3N2O2.ClH/c1-10(8-18-2)12(20)19-9-13(21,14(15,16)17)11-6-4-3-5-7-11;/h3-7,10,18,21H,8-9H2,1-2H3,(H,19,20);1H. The van der Waals surface area contributed by atoms with E-state index in [9.17, 15) is 23.1 Å². The summed E-state index contributed by atoms with van der Waals surface area (Å²) in [4.78, 5) is 11.7. The number of aliphatic hydroxyl groups is 1. The molecule has 4 nitrogen and oxygen atoms in total. The van der Waals surface area contributed by atoms with Crippen molar-refractivity contribution in [2.45, 2.75) is 18.7 Å². The molecule has 1 rings (SSSR count). The van der Waals surface area contributed by atoms with Gasteiger partial charge in [-0.2, -0.15) is 13.2 Å². The lowest BCUT2D eigenvalue weighted by molar-refractivity contribution is -0.264. The summed E-state index contributed by atoms with van der Waals surface area (Å²) in [6.07, 6.45) is -4.89. The SMILES string of the molecule is CNCC(C)C(=O)NCC(O)(c1ccccc1)C(F)(F)F.Cl. The molecule has 0 aromatic heterocycles. The van der Waals surface area contributed by atoms with Crippen LogP contribution in [-0.2, 0) is 10.4 Å². The highest BCUT2D eigenvalue weighted by Gasteiger charge is 2.55. The molecule has 1 amide bonds. The lowest BCUT2D eigenvalue weighted by Crippen LogP contribution is -2.52. The lowest BCUT2D eigenvalue weighted by Gasteiger charge is -2.31. The van der Waals surface area contributed by atoms with E-state index in [-0.39, 0.29) is 18.0 Å². The van der Waals surface area contributed by atoms with Crippen LogP contribution in [0.1, 0.15) is 12.5 Å². The second-order valence-electron chi connectivity index (χ2n) is 4.90. The highest BCUT2D eigenvalue weighted by atomic mass is 35.5. The molecule has 0 spiro atoms. The van der Waals surface area contributed by atoms with Crippen LogP contribution in [0.2, 0.25) is 0 Å². The van der Waals surface area contributed by atoms with Gasteiger partial charge in [-0.1, -0.05) is 37.3 Å². The number of rotatable bonds is 6. The summed E-state index contributed by atoms with van der Waals surface area (Å²) in [7, 11) is 1.64. The van der Waals surface area contributed by atoms with Crippen LogP contribution in [0.3, 0.4) is 0 Å². The van der Waals surface area contributed by atoms with E-state index in [1.54, 1.807) is 20.0 Å². The zero-order chi connectivity index (χ0) is 16.1. The van der Waals surface area contributed by atoms with Crippen molar-refractivity contribution in [2.24, 2.45) is 5.92 Å². The Morgan fingerprint density at radius 2 is 1.82 bits per heavy atom. The smallest absolute Gasteiger partial charge is 0.375 e. The van der Waals surface area contributed by atoms with E-state index in [0.29, 0.717) is 6.54 Å². The van der Waals surface area contributed by atoms with Crippen molar-refractivity contribution in [3.63, 3.8) is 0 Å². The van der Waals surface area contributed by atoms with Gasteiger partial charge in [-0.15, -0.1) is 12.4 Å². The maximum Gasteiger partial charge on any atom is 0.423 e. The Bertz CT molecular complexity index is 471. The van der Waals surface area contributed by atoms with Crippen molar-refractivity contribution in [1.29, 1.82) is 0 Å². The first-order valence-electron chi connectivity index (χ1n) is 6.49. The van der Waals surface area contributed by atoms with Crippen LogP contribution in [0, 0.1) is 5.92 Å². The lowest BCUT2D eigenvalue weighted by atomic mass is 9.92. The first kappa shape index (κ1) is 20.7. The van der Waals surface area contributed by atoms with Crippen molar-refractivity contribution in [2.75, 3.05) is 20.1 Å². The summed E-state index contributed by atoms with van der Waals surface area (Å²) in [5, 5.41) is 15.0. The molecule has 0 aliphatic heterocycles. The number of carbonyl (C=O) groups is 1. The molecule has 0 saturated carbocycles.